The average Bonchev–Trinajstić information content (AvgIpc) is 4.17. The number of carbonyl (C=O) groups is 3. The number of aliphatic hydroxyl groups excluding tert-OH is 1. The fourth-order valence-corrected chi connectivity index (χ4v) is 10.6. The molecule has 8 atom stereocenters. The van der Waals surface area contributed by atoms with Gasteiger partial charge in [0.15, 0.2) is 5.78 Å². The average molecular weight is 974 g/mol. The van der Waals surface area contributed by atoms with Crippen LogP contribution in [0.1, 0.15) is 146 Å². The number of aromatic nitrogens is 2. The number of H-pyrrole nitrogens is 1. The Bertz CT molecular complexity index is 2480. The quantitative estimate of drug-likeness (QED) is 0.0453. The summed E-state index contributed by atoms with van der Waals surface area (Å²) in [5.41, 5.74) is 10.2. The van der Waals surface area contributed by atoms with Crippen molar-refractivity contribution in [1.29, 1.82) is 0 Å². The monoisotopic (exact) mass is 974 g/mol. The predicted octanol–water partition coefficient (Wildman–Crippen LogP) is 11.0. The van der Waals surface area contributed by atoms with Gasteiger partial charge >= 0.3 is 12.2 Å². The number of allylic oxidation sites excluding steroid dienone is 1. The van der Waals surface area contributed by atoms with Crippen molar-refractivity contribution >= 4 is 29.4 Å². The topological polar surface area (TPSA) is 170 Å². The van der Waals surface area contributed by atoms with E-state index < -0.39 is 36.7 Å². The summed E-state index contributed by atoms with van der Waals surface area (Å²) in [5.74, 6) is 0.185. The Morgan fingerprint density at radius 2 is 1.45 bits per heavy atom. The number of Topliss-reactive ketones (excluding diaryl/α,β-unsaturated/α-hetero) is 1. The standard InChI is InChI=1S/C57H76FN7O6/c1-34(2)51(61-55(68)70-8)53(66)41-13-10-12-40(30-41)42-31-46(60-33-42)36-15-19-38(20-16-36)49-27-28-50(65(49)44-25-23-43(24-26-44)57(5,6)7)39-21-17-37(18-22-39)47-32-48(64-63-47)45(58)14-11-29-59-54(67)52(35(3)4)62-56(69)71-9/h15-26,31-32,34-35,40-41,45,49-52,54,59,67H,10-14,27-30,33H2,1-9H3,(H,61,68)(H,62,69)(H,63,64). The molecule has 2 amide bonds. The van der Waals surface area contributed by atoms with Crippen LogP contribution in [0.15, 0.2) is 95.5 Å². The van der Waals surface area contributed by atoms with Gasteiger partial charge in [0.25, 0.3) is 0 Å². The molecule has 5 N–H and O–H groups in total. The second kappa shape index (κ2) is 23.6. The van der Waals surface area contributed by atoms with E-state index in [0.29, 0.717) is 30.9 Å². The lowest BCUT2D eigenvalue weighted by molar-refractivity contribution is -0.127. The largest absolute Gasteiger partial charge is 0.453 e. The van der Waals surface area contributed by atoms with Crippen molar-refractivity contribution in [3.05, 3.63) is 118 Å². The van der Waals surface area contributed by atoms with Gasteiger partial charge in [0.2, 0.25) is 0 Å². The number of amides is 2. The highest BCUT2D eigenvalue weighted by atomic mass is 19.1. The van der Waals surface area contributed by atoms with E-state index in [9.17, 15) is 19.5 Å². The zero-order valence-electron chi connectivity index (χ0n) is 43.1. The van der Waals surface area contributed by atoms with Crippen LogP contribution in [0, 0.1) is 23.7 Å². The first kappa shape index (κ1) is 53.0. The first-order valence-electron chi connectivity index (χ1n) is 25.6. The highest BCUT2D eigenvalue weighted by Gasteiger charge is 2.38. The number of ketones is 1. The Kier molecular flexibility index (Phi) is 17.6. The lowest BCUT2D eigenvalue weighted by Gasteiger charge is -2.34. The third-order valence-electron chi connectivity index (χ3n) is 14.8. The van der Waals surface area contributed by atoms with Crippen LogP contribution >= 0.6 is 0 Å². The number of halogens is 1. The van der Waals surface area contributed by atoms with Gasteiger partial charge in [0, 0.05) is 17.2 Å². The van der Waals surface area contributed by atoms with Crippen LogP contribution < -0.4 is 20.9 Å². The van der Waals surface area contributed by atoms with Gasteiger partial charge in [-0.1, -0.05) is 116 Å². The molecule has 14 heteroatoms. The smallest absolute Gasteiger partial charge is 0.407 e. The molecule has 1 aliphatic carbocycles. The molecule has 0 spiro atoms. The molecule has 0 radical (unpaired) electrons. The highest BCUT2D eigenvalue weighted by Crippen LogP contribution is 2.48. The third-order valence-corrected chi connectivity index (χ3v) is 14.8. The van der Waals surface area contributed by atoms with Gasteiger partial charge in [0.1, 0.15) is 12.4 Å². The third kappa shape index (κ3) is 13.0. The summed E-state index contributed by atoms with van der Waals surface area (Å²) in [5, 5.41) is 26.4. The molecular formula is C57H76FN7O6. The molecule has 382 valence electrons. The van der Waals surface area contributed by atoms with Crippen molar-refractivity contribution in [2.45, 2.75) is 142 Å². The lowest BCUT2D eigenvalue weighted by Crippen LogP contribution is -2.52. The number of nitrogens with zero attached hydrogens (tertiary/aromatic N) is 3. The van der Waals surface area contributed by atoms with Crippen LogP contribution in [0.25, 0.3) is 11.3 Å². The van der Waals surface area contributed by atoms with Crippen LogP contribution in [0.4, 0.5) is 19.7 Å². The van der Waals surface area contributed by atoms with Crippen LogP contribution in [0.2, 0.25) is 0 Å². The first-order chi connectivity index (χ1) is 33.9. The van der Waals surface area contributed by atoms with Gasteiger partial charge in [-0.25, -0.2) is 14.0 Å². The second-order valence-corrected chi connectivity index (χ2v) is 21.4. The number of methoxy groups -OCH3 is 2. The van der Waals surface area contributed by atoms with E-state index in [1.165, 1.54) is 42.2 Å². The highest BCUT2D eigenvalue weighted by molar-refractivity contribution is 6.10. The molecule has 2 aliphatic heterocycles. The maximum Gasteiger partial charge on any atom is 0.407 e. The van der Waals surface area contributed by atoms with Crippen LogP contribution in [-0.2, 0) is 19.7 Å². The minimum atomic E-state index is -1.26. The Morgan fingerprint density at radius 1 is 0.831 bits per heavy atom. The molecule has 3 heterocycles. The molecule has 3 aliphatic rings. The van der Waals surface area contributed by atoms with Gasteiger partial charge in [-0.2, -0.15) is 5.10 Å². The normalized spacial score (nSPS) is 21.1. The number of aliphatic imine (C=N–C) groups is 1. The Morgan fingerprint density at radius 3 is 2.04 bits per heavy atom. The summed E-state index contributed by atoms with van der Waals surface area (Å²) in [6.45, 7) is 15.4. The zero-order chi connectivity index (χ0) is 51.0. The summed E-state index contributed by atoms with van der Waals surface area (Å²) < 4.78 is 25.0. The molecule has 2 fully saturated rings. The molecule has 13 nitrogen and oxygen atoms in total. The van der Waals surface area contributed by atoms with Crippen molar-refractivity contribution in [3.8, 4) is 11.3 Å². The number of hydrogen-bond acceptors (Lipinski definition) is 10. The zero-order valence-corrected chi connectivity index (χ0v) is 43.1. The van der Waals surface area contributed by atoms with Crippen molar-refractivity contribution in [2.75, 3.05) is 32.2 Å². The maximum absolute atomic E-state index is 15.5. The molecule has 1 saturated heterocycles. The van der Waals surface area contributed by atoms with Crippen LogP contribution in [0.5, 0.6) is 0 Å². The fourth-order valence-electron chi connectivity index (χ4n) is 10.6. The SMILES string of the molecule is COC(=O)NC(C(=O)C1CCCC(C2=CC(c3ccc(C4CCC(c5ccc(-c6cc(C(F)CCCNC(O)C(NC(=O)OC)C(C)C)[nH]n6)cc5)N4c4ccc(C(C)(C)C)cc4)cc3)=NC2)C1)C(C)C. The minimum absolute atomic E-state index is 0.0272. The molecule has 3 aromatic carbocycles. The molecule has 8 unspecified atom stereocenters. The first-order valence-corrected chi connectivity index (χ1v) is 25.6. The van der Waals surface area contributed by atoms with Crippen molar-refractivity contribution in [3.63, 3.8) is 0 Å². The van der Waals surface area contributed by atoms with Crippen molar-refractivity contribution in [1.82, 2.24) is 26.1 Å². The van der Waals surface area contributed by atoms with Gasteiger partial charge in [-0.3, -0.25) is 20.2 Å². The van der Waals surface area contributed by atoms with E-state index >= 15 is 4.39 Å². The number of rotatable bonds is 19. The van der Waals surface area contributed by atoms with E-state index in [0.717, 1.165) is 55.4 Å². The van der Waals surface area contributed by atoms with Crippen molar-refractivity contribution < 1.29 is 33.4 Å². The van der Waals surface area contributed by atoms with E-state index in [1.54, 1.807) is 6.07 Å². The minimum Gasteiger partial charge on any atom is -0.453 e. The van der Waals surface area contributed by atoms with E-state index in [4.69, 9.17) is 9.73 Å². The number of alkyl carbamates (subject to hydrolysis) is 2. The number of anilines is 1. The number of alkyl halides is 1. The summed E-state index contributed by atoms with van der Waals surface area (Å²) in [7, 11) is 2.60. The Labute approximate surface area is 419 Å². The predicted molar refractivity (Wildman–Crippen MR) is 278 cm³/mol. The number of aliphatic hydroxyl groups is 1. The van der Waals surface area contributed by atoms with Crippen LogP contribution in [-0.4, -0.2) is 84.6 Å². The summed E-state index contributed by atoms with van der Waals surface area (Å²) in [6, 6.07) is 27.4. The van der Waals surface area contributed by atoms with E-state index in [1.807, 2.05) is 27.7 Å². The van der Waals surface area contributed by atoms with Crippen LogP contribution in [0.3, 0.4) is 0 Å². The molecule has 4 aromatic rings. The van der Waals surface area contributed by atoms with E-state index in [2.05, 4.69) is 135 Å². The molecule has 7 rings (SSSR count). The van der Waals surface area contributed by atoms with Crippen molar-refractivity contribution in [2.24, 2.45) is 28.7 Å². The lowest BCUT2D eigenvalue weighted by atomic mass is 9.74. The fraction of sp³-hybridized carbons (Fsp3) is 0.526. The van der Waals surface area contributed by atoms with E-state index in [-0.39, 0.29) is 53.4 Å². The van der Waals surface area contributed by atoms with Gasteiger partial charge in [-0.15, -0.1) is 0 Å². The molecule has 0 bridgehead atoms. The summed E-state index contributed by atoms with van der Waals surface area (Å²) in [4.78, 5) is 45.0. The number of aromatic amines is 1. The number of benzene rings is 3. The molecule has 1 saturated carbocycles. The number of nitrogens with one attached hydrogen (secondary N) is 4. The number of hydrogen-bond donors (Lipinski definition) is 5. The van der Waals surface area contributed by atoms with Gasteiger partial charge in [-0.05, 0) is 127 Å². The second-order valence-electron chi connectivity index (χ2n) is 21.4. The number of ether oxygens (including phenoxy) is 2. The van der Waals surface area contributed by atoms with Gasteiger partial charge < -0.3 is 30.1 Å². The van der Waals surface area contributed by atoms with Gasteiger partial charge in [0.05, 0.1) is 62.0 Å². The Hall–Kier alpha value is -5.86. The Balaban J connectivity index is 1.01. The summed E-state index contributed by atoms with van der Waals surface area (Å²) >= 11 is 0. The molecule has 71 heavy (non-hydrogen) atoms. The maximum atomic E-state index is 15.5. The number of carbonyl (C=O) groups excluding carboxylic acids is 3. The molecule has 1 aromatic heterocycles. The summed E-state index contributed by atoms with van der Waals surface area (Å²) in [6.07, 6.45) is 5.02. The molecular weight excluding hydrogens is 898 g/mol.